The summed E-state index contributed by atoms with van der Waals surface area (Å²) in [6.45, 7) is 13.4. The summed E-state index contributed by atoms with van der Waals surface area (Å²) in [4.78, 5) is 4.67. The summed E-state index contributed by atoms with van der Waals surface area (Å²) in [6, 6.07) is 87.9. The molecule has 1 heterocycles. The Hall–Kier alpha value is -9.84. The van der Waals surface area contributed by atoms with Gasteiger partial charge in [-0.15, -0.1) is 0 Å². The molecule has 0 saturated heterocycles. The second-order valence-corrected chi connectivity index (χ2v) is 23.9. The summed E-state index contributed by atoms with van der Waals surface area (Å²) >= 11 is 0. The maximum atomic E-state index is 15.4. The molecule has 0 unspecified atom stereocenters. The molecule has 0 radical (unpaired) electrons. The Bertz CT molecular complexity index is 4640. The molecule has 0 atom stereocenters. The van der Waals surface area contributed by atoms with Crippen LogP contribution in [0.4, 0.5) is 42.9 Å². The number of hydrogen-bond acceptors (Lipinski definition) is 3. The van der Waals surface area contributed by atoms with E-state index in [9.17, 15) is 0 Å². The Balaban J connectivity index is 1.09. The number of nitrogens with zero attached hydrogens (tertiary/aromatic N) is 2. The van der Waals surface area contributed by atoms with Crippen LogP contribution < -0.4 is 9.80 Å². The van der Waals surface area contributed by atoms with E-state index in [0.717, 1.165) is 122 Å². The smallest absolute Gasteiger partial charge is 0.160 e. The monoisotopic (exact) mass is 1080 g/mol. The minimum absolute atomic E-state index is 0.0580. The van der Waals surface area contributed by atoms with Crippen molar-refractivity contribution in [1.82, 2.24) is 0 Å². The highest BCUT2D eigenvalue weighted by Crippen LogP contribution is 2.58. The number of benzene rings is 12. The van der Waals surface area contributed by atoms with Crippen LogP contribution in [0, 0.1) is 11.6 Å². The third-order valence-electron chi connectivity index (χ3n) is 16.7. The second kappa shape index (κ2) is 20.0. The average Bonchev–Trinajstić information content (AvgIpc) is 2.34. The topological polar surface area (TPSA) is 19.6 Å². The Labute approximate surface area is 484 Å². The Morgan fingerprint density at radius 1 is 0.313 bits per heavy atom. The molecule has 1 aliphatic rings. The van der Waals surface area contributed by atoms with Crippen molar-refractivity contribution >= 4 is 66.8 Å². The summed E-state index contributed by atoms with van der Waals surface area (Å²) in [5, 5.41) is 4.13. The Kier molecular flexibility index (Phi) is 12.4. The fourth-order valence-corrected chi connectivity index (χ4v) is 12.5. The first-order valence-corrected chi connectivity index (χ1v) is 28.5. The van der Waals surface area contributed by atoms with Gasteiger partial charge in [-0.25, -0.2) is 8.78 Å². The number of rotatable bonds is 8. The van der Waals surface area contributed by atoms with E-state index in [2.05, 4.69) is 227 Å². The van der Waals surface area contributed by atoms with Gasteiger partial charge in [0.1, 0.15) is 17.2 Å². The number of anilines is 6. The molecule has 14 rings (SSSR count). The number of hydrogen-bond donors (Lipinski definition) is 0. The van der Waals surface area contributed by atoms with Crippen molar-refractivity contribution in [2.75, 3.05) is 9.80 Å². The zero-order valence-corrected chi connectivity index (χ0v) is 47.3. The molecular formula is C78H60F2N2O. The lowest BCUT2D eigenvalue weighted by Gasteiger charge is -2.32. The molecule has 0 fully saturated rings. The van der Waals surface area contributed by atoms with Crippen LogP contribution in [0.3, 0.4) is 0 Å². The molecule has 0 aliphatic heterocycles. The molecule has 1 aromatic heterocycles. The number of fused-ring (bicyclic) bond motifs is 14. The van der Waals surface area contributed by atoms with Crippen molar-refractivity contribution < 1.29 is 13.2 Å². The quantitative estimate of drug-likeness (QED) is 0.151. The van der Waals surface area contributed by atoms with Gasteiger partial charge in [-0.2, -0.15) is 0 Å². The van der Waals surface area contributed by atoms with Crippen LogP contribution in [0.2, 0.25) is 0 Å². The number of para-hydroxylation sites is 1. The summed E-state index contributed by atoms with van der Waals surface area (Å²) in [7, 11) is 0. The first kappa shape index (κ1) is 51.3. The third-order valence-corrected chi connectivity index (χ3v) is 16.7. The summed E-state index contributed by atoms with van der Waals surface area (Å²) in [6.07, 6.45) is 0. The van der Waals surface area contributed by atoms with Gasteiger partial charge < -0.3 is 14.2 Å². The molecule has 402 valence electrons. The fourth-order valence-electron chi connectivity index (χ4n) is 12.5. The van der Waals surface area contributed by atoms with E-state index < -0.39 is 0 Å². The van der Waals surface area contributed by atoms with Gasteiger partial charge in [0.15, 0.2) is 5.58 Å². The zero-order valence-electron chi connectivity index (χ0n) is 47.3. The first-order chi connectivity index (χ1) is 40.3. The minimum atomic E-state index is -0.265. The maximum Gasteiger partial charge on any atom is 0.160 e. The number of halogens is 2. The molecule has 13 aromatic rings. The highest BCUT2D eigenvalue weighted by atomic mass is 19.1. The molecule has 0 amide bonds. The predicted octanol–water partition coefficient (Wildman–Crippen LogP) is 22.9. The number of furan rings is 1. The average molecular weight is 1080 g/mol. The molecular weight excluding hydrogens is 1020 g/mol. The van der Waals surface area contributed by atoms with Crippen molar-refractivity contribution in [3.05, 3.63) is 278 Å². The summed E-state index contributed by atoms with van der Waals surface area (Å²) < 4.78 is 38.2. The highest BCUT2D eigenvalue weighted by molar-refractivity contribution is 6.27. The first-order valence-electron chi connectivity index (χ1n) is 28.5. The molecule has 5 heteroatoms. The van der Waals surface area contributed by atoms with E-state index in [1.165, 1.54) is 23.3 Å². The largest absolute Gasteiger partial charge is 0.454 e. The molecule has 83 heavy (non-hydrogen) atoms. The molecule has 0 N–H and O–H groups in total. The van der Waals surface area contributed by atoms with Gasteiger partial charge in [-0.05, 0) is 156 Å². The molecule has 12 aromatic carbocycles. The van der Waals surface area contributed by atoms with Crippen LogP contribution >= 0.6 is 0 Å². The molecule has 0 saturated carbocycles. The van der Waals surface area contributed by atoms with Crippen LogP contribution in [0.15, 0.2) is 259 Å². The van der Waals surface area contributed by atoms with Gasteiger partial charge in [-0.3, -0.25) is 0 Å². The van der Waals surface area contributed by atoms with Gasteiger partial charge in [0.05, 0.1) is 11.4 Å². The van der Waals surface area contributed by atoms with E-state index >= 15 is 8.78 Å². The maximum absolute atomic E-state index is 15.4. The summed E-state index contributed by atoms with van der Waals surface area (Å²) in [5.74, 6) is -0.522. The predicted molar refractivity (Wildman–Crippen MR) is 344 cm³/mol. The van der Waals surface area contributed by atoms with E-state index in [-0.39, 0.29) is 22.5 Å². The summed E-state index contributed by atoms with van der Waals surface area (Å²) in [5.41, 5.74) is 20.9. The Morgan fingerprint density at radius 2 is 0.663 bits per heavy atom. The molecule has 0 spiro atoms. The third kappa shape index (κ3) is 8.87. The van der Waals surface area contributed by atoms with Crippen LogP contribution in [-0.2, 0) is 10.8 Å². The lowest BCUT2D eigenvalue weighted by atomic mass is 9.77. The van der Waals surface area contributed by atoms with Crippen molar-refractivity contribution in [3.8, 4) is 66.8 Å². The van der Waals surface area contributed by atoms with Crippen molar-refractivity contribution in [2.24, 2.45) is 0 Å². The van der Waals surface area contributed by atoms with Gasteiger partial charge >= 0.3 is 0 Å². The molecule has 0 bridgehead atoms. The fraction of sp³-hybridized carbons (Fsp3) is 0.103. The lowest BCUT2D eigenvalue weighted by Crippen LogP contribution is -2.14. The zero-order chi connectivity index (χ0) is 56.7. The van der Waals surface area contributed by atoms with E-state index in [1.807, 2.05) is 54.6 Å². The van der Waals surface area contributed by atoms with E-state index in [0.29, 0.717) is 11.1 Å². The van der Waals surface area contributed by atoms with E-state index in [1.54, 1.807) is 12.1 Å². The SMILES string of the molecule is CC(C)(C)c1ccc(N(c2ccc(-c3ccccc3F)cc2)c2cc3c(c4ccccc24)-c2c(cc(N(c4ccc(-c5ccccc5F)cc4)c4ccc(C(C)(C)C)cc4)c4oc5ccccc5c24)-c2ccccc2-c2ccccc2-3)cc1. The van der Waals surface area contributed by atoms with Crippen LogP contribution in [-0.4, -0.2) is 0 Å². The van der Waals surface area contributed by atoms with E-state index in [4.69, 9.17) is 4.42 Å². The van der Waals surface area contributed by atoms with Crippen molar-refractivity contribution in [3.63, 3.8) is 0 Å². The van der Waals surface area contributed by atoms with Crippen LogP contribution in [0.1, 0.15) is 52.7 Å². The van der Waals surface area contributed by atoms with Crippen molar-refractivity contribution in [1.29, 1.82) is 0 Å². The standard InChI is InChI=1S/C78H60F2N2O/c1-77(2,3)51-35-43-55(44-36-51)81(53-39-31-49(32-40-53)57-19-13-16-28-68(57)79)70-47-66-61-23-9-7-21-59(61)60-22-8-10-24-62(60)67-48-71(76-75(65-27-15-18-30-72(65)83-76)74(67)73(66)64-26-12-11-25-63(64)70)82(56-45-37-52(38-46-56)78(4,5)6)54-41-33-50(34-42-54)58-20-14-17-29-69(58)80/h7-48H,1-6H3. The van der Waals surface area contributed by atoms with Gasteiger partial charge in [-0.1, -0.05) is 217 Å². The van der Waals surface area contributed by atoms with Gasteiger partial charge in [0.25, 0.3) is 0 Å². The minimum Gasteiger partial charge on any atom is -0.454 e. The second-order valence-electron chi connectivity index (χ2n) is 23.9. The lowest BCUT2D eigenvalue weighted by molar-refractivity contribution is 0.590. The van der Waals surface area contributed by atoms with Gasteiger partial charge in [0.2, 0.25) is 0 Å². The normalized spacial score (nSPS) is 12.1. The van der Waals surface area contributed by atoms with Crippen LogP contribution in [0.5, 0.6) is 0 Å². The van der Waals surface area contributed by atoms with Gasteiger partial charge in [0, 0.05) is 55.6 Å². The highest BCUT2D eigenvalue weighted by Gasteiger charge is 2.33. The Morgan fingerprint density at radius 3 is 1.12 bits per heavy atom. The molecule has 1 aliphatic carbocycles. The van der Waals surface area contributed by atoms with Crippen molar-refractivity contribution in [2.45, 2.75) is 52.4 Å². The van der Waals surface area contributed by atoms with Crippen LogP contribution in [0.25, 0.3) is 99.5 Å². The molecule has 3 nitrogen and oxygen atoms in total.